The Hall–Kier alpha value is -0.120. The first-order chi connectivity index (χ1) is 9.81. The van der Waals surface area contributed by atoms with Crippen molar-refractivity contribution in [2.75, 3.05) is 26.2 Å². The minimum Gasteiger partial charge on any atom is -0.395 e. The summed E-state index contributed by atoms with van der Waals surface area (Å²) >= 11 is 0. The van der Waals surface area contributed by atoms with Gasteiger partial charge in [-0.05, 0) is 51.4 Å². The van der Waals surface area contributed by atoms with Crippen LogP contribution in [0.3, 0.4) is 0 Å². The summed E-state index contributed by atoms with van der Waals surface area (Å²) < 4.78 is 0. The number of hydrogen-bond donors (Lipinski definition) is 3. The zero-order valence-electron chi connectivity index (χ0n) is 13.1. The van der Waals surface area contributed by atoms with E-state index in [9.17, 15) is 5.11 Å². The minimum atomic E-state index is 0.254. The first kappa shape index (κ1) is 14.8. The highest BCUT2D eigenvalue weighted by molar-refractivity contribution is 4.84. The predicted octanol–water partition coefficient (Wildman–Crippen LogP) is 0.0924. The molecule has 0 unspecified atom stereocenters. The number of quaternary nitrogens is 2. The molecule has 116 valence electrons. The second-order valence-electron chi connectivity index (χ2n) is 7.84. The third kappa shape index (κ3) is 3.37. The Labute approximate surface area is 124 Å². The first-order valence-electron chi connectivity index (χ1n) is 9.10. The Morgan fingerprint density at radius 2 is 1.50 bits per heavy atom. The molecule has 0 amide bonds. The van der Waals surface area contributed by atoms with E-state index >= 15 is 0 Å². The van der Waals surface area contributed by atoms with E-state index in [2.05, 4.69) is 5.32 Å². The molecule has 3 nitrogen and oxygen atoms in total. The number of aliphatic hydroxyl groups is 1. The van der Waals surface area contributed by atoms with Crippen molar-refractivity contribution in [3.8, 4) is 0 Å². The van der Waals surface area contributed by atoms with E-state index in [1.54, 1.807) is 4.90 Å². The summed E-state index contributed by atoms with van der Waals surface area (Å²) in [6.45, 7) is 4.05. The fourth-order valence-electron chi connectivity index (χ4n) is 4.82. The van der Waals surface area contributed by atoms with Gasteiger partial charge in [-0.3, -0.25) is 0 Å². The van der Waals surface area contributed by atoms with Crippen molar-refractivity contribution in [2.24, 2.45) is 5.41 Å². The van der Waals surface area contributed by atoms with Gasteiger partial charge in [0.25, 0.3) is 0 Å². The molecule has 0 aromatic carbocycles. The van der Waals surface area contributed by atoms with E-state index in [4.69, 9.17) is 0 Å². The molecule has 20 heavy (non-hydrogen) atoms. The maximum absolute atomic E-state index is 9.85. The van der Waals surface area contributed by atoms with Gasteiger partial charge in [0.1, 0.15) is 5.41 Å². The molecule has 0 spiro atoms. The van der Waals surface area contributed by atoms with Crippen molar-refractivity contribution < 1.29 is 15.3 Å². The minimum absolute atomic E-state index is 0.254. The van der Waals surface area contributed by atoms with Gasteiger partial charge in [0.05, 0.1) is 38.3 Å². The Morgan fingerprint density at radius 3 is 2.10 bits per heavy atom. The van der Waals surface area contributed by atoms with Crippen molar-refractivity contribution in [3.63, 3.8) is 0 Å². The monoisotopic (exact) mass is 282 g/mol. The van der Waals surface area contributed by atoms with E-state index < -0.39 is 0 Å². The van der Waals surface area contributed by atoms with Crippen LogP contribution >= 0.6 is 0 Å². The summed E-state index contributed by atoms with van der Waals surface area (Å²) in [5.74, 6) is 0. The molecule has 0 bridgehead atoms. The molecule has 1 aliphatic heterocycles. The van der Waals surface area contributed by atoms with E-state index in [0.29, 0.717) is 6.61 Å². The second kappa shape index (κ2) is 6.76. The van der Waals surface area contributed by atoms with Gasteiger partial charge in [-0.1, -0.05) is 12.8 Å². The van der Waals surface area contributed by atoms with Crippen LogP contribution < -0.4 is 10.2 Å². The number of hydrogen-bond acceptors (Lipinski definition) is 1. The van der Waals surface area contributed by atoms with Crippen LogP contribution in [0.4, 0.5) is 0 Å². The molecule has 3 rings (SSSR count). The normalized spacial score (nSPS) is 36.8. The summed E-state index contributed by atoms with van der Waals surface area (Å²) in [6.07, 6.45) is 14.3. The average Bonchev–Trinajstić information content (AvgIpc) is 2.49. The number of nitrogens with one attached hydrogen (secondary N) is 1. The van der Waals surface area contributed by atoms with Gasteiger partial charge in [-0.25, -0.2) is 0 Å². The summed E-state index contributed by atoms with van der Waals surface area (Å²) in [5, 5.41) is 12.4. The fraction of sp³-hybridized carbons (Fsp3) is 1.00. The highest BCUT2D eigenvalue weighted by Gasteiger charge is 2.51. The summed E-state index contributed by atoms with van der Waals surface area (Å²) in [6, 6.07) is 1.77. The van der Waals surface area contributed by atoms with Crippen LogP contribution in [0.1, 0.15) is 64.2 Å². The standard InChI is InChI=1S/C17H32N2O/c20-14-17(11-18-15-7-3-1-4-8-15)12-19(13-17)16-9-5-2-6-10-16/h15-16,18,20H,1-14H2/p+2. The molecule has 0 radical (unpaired) electrons. The molecule has 0 aromatic heterocycles. The van der Waals surface area contributed by atoms with Crippen molar-refractivity contribution >= 4 is 0 Å². The Balaban J connectivity index is 1.42. The SMILES string of the molecule is OCC1(C[NH2+]C2CCCCC2)C[NH+](C2CCCCC2)C1. The third-order valence-corrected chi connectivity index (χ3v) is 6.26. The predicted molar refractivity (Wildman–Crippen MR) is 80.8 cm³/mol. The third-order valence-electron chi connectivity index (χ3n) is 6.26. The van der Waals surface area contributed by atoms with E-state index in [0.717, 1.165) is 12.1 Å². The topological polar surface area (TPSA) is 41.3 Å². The molecule has 3 aliphatic rings. The molecule has 0 aromatic rings. The highest BCUT2D eigenvalue weighted by atomic mass is 16.3. The summed E-state index contributed by atoms with van der Waals surface area (Å²) in [4.78, 5) is 1.80. The van der Waals surface area contributed by atoms with E-state index in [1.807, 2.05) is 0 Å². The summed E-state index contributed by atoms with van der Waals surface area (Å²) in [7, 11) is 0. The fourth-order valence-corrected chi connectivity index (χ4v) is 4.82. The zero-order valence-corrected chi connectivity index (χ0v) is 13.1. The molecule has 2 aliphatic carbocycles. The van der Waals surface area contributed by atoms with Crippen LogP contribution in [-0.2, 0) is 0 Å². The molecule has 3 fully saturated rings. The highest BCUT2D eigenvalue weighted by Crippen LogP contribution is 2.22. The lowest BCUT2D eigenvalue weighted by Gasteiger charge is -2.48. The van der Waals surface area contributed by atoms with Crippen LogP contribution in [0.25, 0.3) is 0 Å². The quantitative estimate of drug-likeness (QED) is 0.657. The maximum atomic E-state index is 9.85. The van der Waals surface area contributed by atoms with E-state index in [1.165, 1.54) is 83.8 Å². The first-order valence-corrected chi connectivity index (χ1v) is 9.10. The lowest BCUT2D eigenvalue weighted by atomic mass is 9.77. The van der Waals surface area contributed by atoms with Crippen molar-refractivity contribution in [1.29, 1.82) is 0 Å². The van der Waals surface area contributed by atoms with Gasteiger partial charge in [0.15, 0.2) is 0 Å². The maximum Gasteiger partial charge on any atom is 0.139 e. The lowest BCUT2D eigenvalue weighted by molar-refractivity contribution is -0.991. The molecular weight excluding hydrogens is 248 g/mol. The average molecular weight is 282 g/mol. The van der Waals surface area contributed by atoms with Gasteiger partial charge in [-0.2, -0.15) is 0 Å². The number of aliphatic hydroxyl groups excluding tert-OH is 1. The van der Waals surface area contributed by atoms with Crippen LogP contribution in [0.15, 0.2) is 0 Å². The number of likely N-dealkylation sites (tertiary alicyclic amines) is 1. The van der Waals surface area contributed by atoms with Crippen molar-refractivity contribution in [3.05, 3.63) is 0 Å². The molecule has 4 N–H and O–H groups in total. The van der Waals surface area contributed by atoms with Gasteiger partial charge in [0.2, 0.25) is 0 Å². The molecule has 1 saturated heterocycles. The van der Waals surface area contributed by atoms with Gasteiger partial charge in [-0.15, -0.1) is 0 Å². The van der Waals surface area contributed by atoms with Crippen LogP contribution in [0.5, 0.6) is 0 Å². The van der Waals surface area contributed by atoms with E-state index in [-0.39, 0.29) is 5.41 Å². The van der Waals surface area contributed by atoms with Crippen LogP contribution in [-0.4, -0.2) is 43.4 Å². The number of nitrogens with two attached hydrogens (primary N) is 1. The largest absolute Gasteiger partial charge is 0.395 e. The zero-order chi connectivity index (χ0) is 13.8. The van der Waals surface area contributed by atoms with Crippen LogP contribution in [0, 0.1) is 5.41 Å². The van der Waals surface area contributed by atoms with Gasteiger partial charge in [0, 0.05) is 0 Å². The van der Waals surface area contributed by atoms with Gasteiger partial charge >= 0.3 is 0 Å². The number of rotatable bonds is 5. The Morgan fingerprint density at radius 1 is 0.900 bits per heavy atom. The smallest absolute Gasteiger partial charge is 0.139 e. The molecule has 3 heteroatoms. The van der Waals surface area contributed by atoms with Gasteiger partial charge < -0.3 is 15.3 Å². The molecule has 1 heterocycles. The Kier molecular flexibility index (Phi) is 5.00. The second-order valence-corrected chi connectivity index (χ2v) is 7.84. The molecule has 2 saturated carbocycles. The van der Waals surface area contributed by atoms with Crippen molar-refractivity contribution in [1.82, 2.24) is 0 Å². The molecular formula is C17H34N2O+2. The van der Waals surface area contributed by atoms with Crippen LogP contribution in [0.2, 0.25) is 0 Å². The van der Waals surface area contributed by atoms with Crippen molar-refractivity contribution in [2.45, 2.75) is 76.3 Å². The molecule has 0 atom stereocenters. The lowest BCUT2D eigenvalue weighted by Crippen LogP contribution is -3.26. The summed E-state index contributed by atoms with van der Waals surface area (Å²) in [5.41, 5.74) is 0.254. The Bertz CT molecular complexity index is 284.